The third-order valence-electron chi connectivity index (χ3n) is 5.37. The van der Waals surface area contributed by atoms with Crippen LogP contribution >= 0.6 is 23.6 Å². The van der Waals surface area contributed by atoms with Gasteiger partial charge in [-0.25, -0.2) is 4.98 Å². The van der Waals surface area contributed by atoms with Crippen LogP contribution in [0.15, 0.2) is 97.1 Å². The van der Waals surface area contributed by atoms with Crippen LogP contribution in [0.2, 0.25) is 0 Å². The molecule has 178 valence electrons. The third kappa shape index (κ3) is 5.51. The van der Waals surface area contributed by atoms with Crippen molar-refractivity contribution in [2.75, 3.05) is 5.32 Å². The van der Waals surface area contributed by atoms with Crippen molar-refractivity contribution in [3.05, 3.63) is 108 Å². The Kier molecular flexibility index (Phi) is 6.88. The zero-order valence-corrected chi connectivity index (χ0v) is 20.6. The van der Waals surface area contributed by atoms with Crippen molar-refractivity contribution in [3.63, 3.8) is 0 Å². The molecule has 0 spiro atoms. The molecule has 0 saturated carbocycles. The zero-order chi connectivity index (χ0) is 24.9. The standard InChI is InChI=1S/C28H21N3O3S2/c32-24-16-20(12-15-22(24)27-30-23-8-4-5-9-25(23)36-27)29-28(35)31-26(33)19-10-13-21(14-11-19)34-17-18-6-2-1-3-7-18/h1-16,32H,17H2,(H2,29,31,33,35). The topological polar surface area (TPSA) is 83.5 Å². The molecule has 0 atom stereocenters. The van der Waals surface area contributed by atoms with Crippen molar-refractivity contribution >= 4 is 50.5 Å². The van der Waals surface area contributed by atoms with Gasteiger partial charge in [0.25, 0.3) is 5.91 Å². The van der Waals surface area contributed by atoms with Gasteiger partial charge in [-0.2, -0.15) is 0 Å². The number of phenolic OH excluding ortho intramolecular Hbond substituents is 1. The molecule has 1 amide bonds. The number of hydrogen-bond donors (Lipinski definition) is 3. The van der Waals surface area contributed by atoms with Crippen LogP contribution in [0.4, 0.5) is 5.69 Å². The Morgan fingerprint density at radius 2 is 1.69 bits per heavy atom. The molecule has 5 aromatic rings. The molecule has 1 heterocycles. The number of ether oxygens (including phenoxy) is 1. The molecule has 0 fully saturated rings. The first-order valence-corrected chi connectivity index (χ1v) is 12.4. The molecule has 6 nitrogen and oxygen atoms in total. The Labute approximate surface area is 217 Å². The summed E-state index contributed by atoms with van der Waals surface area (Å²) in [5, 5.41) is 17.0. The zero-order valence-electron chi connectivity index (χ0n) is 19.0. The highest BCUT2D eigenvalue weighted by Crippen LogP contribution is 2.36. The maximum atomic E-state index is 12.6. The molecule has 5 rings (SSSR count). The van der Waals surface area contributed by atoms with E-state index < -0.39 is 0 Å². The van der Waals surface area contributed by atoms with Crippen molar-refractivity contribution in [1.29, 1.82) is 0 Å². The van der Waals surface area contributed by atoms with E-state index in [0.29, 0.717) is 29.2 Å². The van der Waals surface area contributed by atoms with Gasteiger partial charge in [-0.3, -0.25) is 10.1 Å². The highest BCUT2D eigenvalue weighted by atomic mass is 32.1. The number of para-hydroxylation sites is 1. The van der Waals surface area contributed by atoms with Gasteiger partial charge in [-0.15, -0.1) is 11.3 Å². The van der Waals surface area contributed by atoms with Crippen molar-refractivity contribution < 1.29 is 14.6 Å². The number of aromatic nitrogens is 1. The molecule has 0 aliphatic heterocycles. The molecular formula is C28H21N3O3S2. The molecule has 0 aliphatic carbocycles. The Bertz CT molecular complexity index is 1500. The van der Waals surface area contributed by atoms with E-state index in [0.717, 1.165) is 20.8 Å². The lowest BCUT2D eigenvalue weighted by Gasteiger charge is -2.11. The van der Waals surface area contributed by atoms with Crippen molar-refractivity contribution in [1.82, 2.24) is 10.3 Å². The fourth-order valence-electron chi connectivity index (χ4n) is 3.56. The number of fused-ring (bicyclic) bond motifs is 1. The average molecular weight is 512 g/mol. The van der Waals surface area contributed by atoms with Gasteiger partial charge in [0.15, 0.2) is 5.11 Å². The van der Waals surface area contributed by atoms with Gasteiger partial charge in [0.05, 0.1) is 15.8 Å². The van der Waals surface area contributed by atoms with E-state index in [1.807, 2.05) is 54.6 Å². The number of aromatic hydroxyl groups is 1. The van der Waals surface area contributed by atoms with Gasteiger partial charge in [0.2, 0.25) is 0 Å². The summed E-state index contributed by atoms with van der Waals surface area (Å²) < 4.78 is 6.81. The van der Waals surface area contributed by atoms with Crippen LogP contribution in [0.1, 0.15) is 15.9 Å². The number of carbonyl (C=O) groups is 1. The number of thiocarbonyl (C=S) groups is 1. The Morgan fingerprint density at radius 1 is 0.944 bits per heavy atom. The minimum Gasteiger partial charge on any atom is -0.507 e. The minimum atomic E-state index is -0.350. The van der Waals surface area contributed by atoms with Crippen LogP contribution in [0.3, 0.4) is 0 Å². The minimum absolute atomic E-state index is 0.0688. The summed E-state index contributed by atoms with van der Waals surface area (Å²) in [6.45, 7) is 0.449. The molecule has 0 saturated heterocycles. The average Bonchev–Trinajstić information content (AvgIpc) is 3.32. The molecule has 0 bridgehead atoms. The number of rotatable bonds is 6. The number of amides is 1. The van der Waals surface area contributed by atoms with E-state index in [-0.39, 0.29) is 16.8 Å². The van der Waals surface area contributed by atoms with Crippen molar-refractivity contribution in [2.45, 2.75) is 6.61 Å². The Morgan fingerprint density at radius 3 is 2.44 bits per heavy atom. The summed E-state index contributed by atoms with van der Waals surface area (Å²) in [5.41, 5.74) is 3.58. The number of anilines is 1. The SMILES string of the molecule is O=C(NC(=S)Nc1ccc(-c2nc3ccccc3s2)c(O)c1)c1ccc(OCc2ccccc2)cc1. The fourth-order valence-corrected chi connectivity index (χ4v) is 4.77. The van der Waals surface area contributed by atoms with Gasteiger partial charge in [0.1, 0.15) is 23.1 Å². The lowest BCUT2D eigenvalue weighted by molar-refractivity contribution is 0.0977. The smallest absolute Gasteiger partial charge is 0.257 e. The van der Waals surface area contributed by atoms with Crippen LogP contribution in [0.25, 0.3) is 20.8 Å². The number of nitrogens with one attached hydrogen (secondary N) is 2. The van der Waals surface area contributed by atoms with Gasteiger partial charge < -0.3 is 15.2 Å². The van der Waals surface area contributed by atoms with Crippen LogP contribution in [-0.2, 0) is 6.61 Å². The summed E-state index contributed by atoms with van der Waals surface area (Å²) in [4.78, 5) is 17.2. The second kappa shape index (κ2) is 10.6. The highest BCUT2D eigenvalue weighted by molar-refractivity contribution is 7.80. The predicted octanol–water partition coefficient (Wildman–Crippen LogP) is 6.37. The van der Waals surface area contributed by atoms with Gasteiger partial charge >= 0.3 is 0 Å². The molecule has 8 heteroatoms. The number of nitrogens with zero attached hydrogens (tertiary/aromatic N) is 1. The maximum Gasteiger partial charge on any atom is 0.257 e. The molecule has 0 aliphatic rings. The maximum absolute atomic E-state index is 12.6. The lowest BCUT2D eigenvalue weighted by Crippen LogP contribution is -2.34. The van der Waals surface area contributed by atoms with E-state index in [9.17, 15) is 9.90 Å². The second-order valence-corrected chi connectivity index (χ2v) is 9.36. The summed E-state index contributed by atoms with van der Waals surface area (Å²) in [6.07, 6.45) is 0. The number of benzene rings is 4. The molecule has 0 unspecified atom stereocenters. The van der Waals surface area contributed by atoms with Gasteiger partial charge in [0, 0.05) is 17.3 Å². The monoisotopic (exact) mass is 511 g/mol. The summed E-state index contributed by atoms with van der Waals surface area (Å²) in [5.74, 6) is 0.386. The fraction of sp³-hybridized carbons (Fsp3) is 0.0357. The number of thiazole rings is 1. The van der Waals surface area contributed by atoms with Crippen molar-refractivity contribution in [3.8, 4) is 22.1 Å². The first-order chi connectivity index (χ1) is 17.5. The third-order valence-corrected chi connectivity index (χ3v) is 6.65. The van der Waals surface area contributed by atoms with E-state index in [4.69, 9.17) is 17.0 Å². The molecule has 36 heavy (non-hydrogen) atoms. The van der Waals surface area contributed by atoms with Gasteiger partial charge in [-0.05, 0) is 66.3 Å². The quantitative estimate of drug-likeness (QED) is 0.230. The molecular weight excluding hydrogens is 490 g/mol. The molecule has 1 aromatic heterocycles. The van der Waals surface area contributed by atoms with Crippen molar-refractivity contribution in [2.24, 2.45) is 0 Å². The molecule has 4 aromatic carbocycles. The molecule has 3 N–H and O–H groups in total. The van der Waals surface area contributed by atoms with E-state index in [1.54, 1.807) is 42.5 Å². The van der Waals surface area contributed by atoms with E-state index in [1.165, 1.54) is 11.3 Å². The van der Waals surface area contributed by atoms with E-state index in [2.05, 4.69) is 15.6 Å². The molecule has 0 radical (unpaired) electrons. The number of hydrogen-bond acceptors (Lipinski definition) is 6. The summed E-state index contributed by atoms with van der Waals surface area (Å²) >= 11 is 6.80. The lowest BCUT2D eigenvalue weighted by atomic mass is 10.2. The van der Waals surface area contributed by atoms with E-state index >= 15 is 0 Å². The first kappa shape index (κ1) is 23.5. The number of carbonyl (C=O) groups excluding carboxylic acids is 1. The predicted molar refractivity (Wildman–Crippen MR) is 148 cm³/mol. The largest absolute Gasteiger partial charge is 0.507 e. The van der Waals surface area contributed by atoms with Gasteiger partial charge in [-0.1, -0.05) is 42.5 Å². The highest BCUT2D eigenvalue weighted by Gasteiger charge is 2.13. The Balaban J connectivity index is 1.18. The normalized spacial score (nSPS) is 10.7. The summed E-state index contributed by atoms with van der Waals surface area (Å²) in [7, 11) is 0. The summed E-state index contributed by atoms with van der Waals surface area (Å²) in [6, 6.07) is 29.6. The van der Waals surface area contributed by atoms with Crippen LogP contribution < -0.4 is 15.4 Å². The second-order valence-electron chi connectivity index (χ2n) is 7.93. The first-order valence-electron chi connectivity index (χ1n) is 11.1. The number of phenols is 1. The van der Waals surface area contributed by atoms with Crippen LogP contribution in [-0.4, -0.2) is 21.1 Å². The Hall–Kier alpha value is -4.27. The van der Waals surface area contributed by atoms with Crippen LogP contribution in [0.5, 0.6) is 11.5 Å². The van der Waals surface area contributed by atoms with Crippen LogP contribution in [0, 0.1) is 0 Å².